The Bertz CT molecular complexity index is 2240. The molecule has 11 nitrogen and oxygen atoms in total. The van der Waals surface area contributed by atoms with Crippen LogP contribution in [0.4, 0.5) is 26.3 Å². The van der Waals surface area contributed by atoms with Crippen LogP contribution < -0.4 is 9.84 Å². The molecule has 0 spiro atoms. The summed E-state index contributed by atoms with van der Waals surface area (Å²) >= 11 is 7.30. The van der Waals surface area contributed by atoms with Crippen LogP contribution in [0.25, 0.3) is 5.69 Å². The summed E-state index contributed by atoms with van der Waals surface area (Å²) < 4.78 is 114. The normalized spacial score (nSPS) is 15.4. The number of halogens is 7. The number of quaternary nitrogens is 1. The summed E-state index contributed by atoms with van der Waals surface area (Å²) in [5.74, 6) is -6.90. The molecule has 1 aliphatic heterocycles. The van der Waals surface area contributed by atoms with Gasteiger partial charge in [0.25, 0.3) is 0 Å². The van der Waals surface area contributed by atoms with Crippen molar-refractivity contribution < 1.29 is 63.8 Å². The quantitative estimate of drug-likeness (QED) is 0.0870. The monoisotopic (exact) mass is 892 g/mol. The number of carboxylic acid groups (broad SMARTS) is 2. The summed E-state index contributed by atoms with van der Waals surface area (Å²) in [6, 6.07) is 11.2. The molecule has 322 valence electrons. The van der Waals surface area contributed by atoms with E-state index in [4.69, 9.17) is 26.2 Å². The average Bonchev–Trinajstić information content (AvgIpc) is 3.58. The number of thioether (sulfide) groups is 1. The maximum Gasteiger partial charge on any atom is 0.430 e. The molecule has 4 aromatic rings. The number of hydrogen-bond donors (Lipinski definition) is 1. The maximum atomic E-state index is 15.8. The van der Waals surface area contributed by atoms with Crippen LogP contribution in [0.3, 0.4) is 0 Å². The molecule has 0 bridgehead atoms. The van der Waals surface area contributed by atoms with Crippen molar-refractivity contribution in [3.05, 3.63) is 100 Å². The predicted octanol–water partition coefficient (Wildman–Crippen LogP) is 6.82. The smallest absolute Gasteiger partial charge is 0.430 e. The molecule has 1 aliphatic rings. The zero-order chi connectivity index (χ0) is 44.2. The number of nitrogens with zero attached hydrogens (tertiary/aromatic N) is 4. The molecule has 1 atom stereocenters. The van der Waals surface area contributed by atoms with Crippen molar-refractivity contribution in [2.75, 3.05) is 40.8 Å². The van der Waals surface area contributed by atoms with Crippen molar-refractivity contribution in [3.8, 4) is 11.4 Å². The highest BCUT2D eigenvalue weighted by molar-refractivity contribution is 7.98. The molecule has 0 saturated carbocycles. The number of aliphatic carboxylic acids is 2. The van der Waals surface area contributed by atoms with Crippen molar-refractivity contribution in [1.29, 1.82) is 0 Å². The van der Waals surface area contributed by atoms with Gasteiger partial charge in [0.2, 0.25) is 10.0 Å². The van der Waals surface area contributed by atoms with Crippen LogP contribution in [-0.4, -0.2) is 96.9 Å². The van der Waals surface area contributed by atoms with E-state index in [2.05, 4.69) is 19.1 Å². The molecule has 20 heteroatoms. The summed E-state index contributed by atoms with van der Waals surface area (Å²) in [6.07, 6.45) is -2.19. The SMILES string of the molecule is COc1cc(C(C)(C)c2cnc(SCc3c(F)cc(S(=O)(=O)N(CC4CC[N+](C)(C)CC4)[C@H](C)C(=O)O)cc3F)n2-c2ccc(F)cc2)ccc1Cl.O=C([O-])C(F)(F)F. The van der Waals surface area contributed by atoms with Crippen LogP contribution >= 0.6 is 23.4 Å². The second-order valence-corrected chi connectivity index (χ2v) is 18.3. The highest BCUT2D eigenvalue weighted by Crippen LogP contribution is 2.40. The Balaban J connectivity index is 0.00000101. The highest BCUT2D eigenvalue weighted by atomic mass is 35.5. The first-order valence-electron chi connectivity index (χ1n) is 17.9. The molecule has 1 N–H and O–H groups in total. The van der Waals surface area contributed by atoms with E-state index < -0.39 is 61.9 Å². The lowest BCUT2D eigenvalue weighted by molar-refractivity contribution is -0.896. The van der Waals surface area contributed by atoms with E-state index in [0.717, 1.165) is 51.3 Å². The third kappa shape index (κ3) is 11.3. The first-order chi connectivity index (χ1) is 27.3. The minimum atomic E-state index is -5.19. The average molecular weight is 893 g/mol. The van der Waals surface area contributed by atoms with Crippen LogP contribution in [0.2, 0.25) is 5.02 Å². The fourth-order valence-corrected chi connectivity index (χ4v) is 9.29. The van der Waals surface area contributed by atoms with Gasteiger partial charge in [-0.15, -0.1) is 0 Å². The molecule has 0 unspecified atom stereocenters. The van der Waals surface area contributed by atoms with E-state index in [9.17, 15) is 35.9 Å². The van der Waals surface area contributed by atoms with Crippen LogP contribution in [0.5, 0.6) is 5.75 Å². The third-order valence-corrected chi connectivity index (χ3v) is 13.3. The number of ether oxygens (including phenoxy) is 1. The molecule has 1 fully saturated rings. The first kappa shape index (κ1) is 47.4. The van der Waals surface area contributed by atoms with E-state index in [1.54, 1.807) is 29.0 Å². The van der Waals surface area contributed by atoms with Crippen LogP contribution in [-0.2, 0) is 30.8 Å². The number of carbonyl (C=O) groups excluding carboxylic acids is 1. The number of carboxylic acids is 2. The van der Waals surface area contributed by atoms with E-state index >= 15 is 8.78 Å². The fourth-order valence-electron chi connectivity index (χ4n) is 6.40. The molecule has 0 aliphatic carbocycles. The number of methoxy groups -OCH3 is 1. The van der Waals surface area contributed by atoms with Gasteiger partial charge in [-0.3, -0.25) is 9.36 Å². The third-order valence-electron chi connectivity index (χ3n) is 10.1. The number of likely N-dealkylation sites (tertiary alicyclic amines) is 1. The van der Waals surface area contributed by atoms with Crippen LogP contribution in [0, 0.1) is 23.4 Å². The fraction of sp³-hybridized carbons (Fsp3) is 0.410. The number of benzene rings is 3. The molecule has 2 heterocycles. The van der Waals surface area contributed by atoms with Gasteiger partial charge in [-0.05, 0) is 66.9 Å². The Morgan fingerprint density at radius 3 is 2.12 bits per heavy atom. The Kier molecular flexibility index (Phi) is 14.9. The van der Waals surface area contributed by atoms with E-state index in [1.165, 1.54) is 26.2 Å². The van der Waals surface area contributed by atoms with Crippen molar-refractivity contribution in [1.82, 2.24) is 13.9 Å². The van der Waals surface area contributed by atoms with E-state index in [0.29, 0.717) is 40.2 Å². The molecule has 0 amide bonds. The standard InChI is InChI=1S/C37H42ClF3N4O5S2.C2HF3O2/c1-23(35(46)47)43(21-24-13-15-45(4,5)16-14-24)52(48,49)28-18-31(40)29(32(41)19-28)22-51-36-42-20-34(44(36)27-10-8-26(39)9-11-27)37(2,3)25-7-12-30(38)33(17-25)50-6;3-2(4,5)1(6)7/h7-12,17-20,23-24H,13-16,21-22H2,1-6H3;(H,6,7)/t23-;/m1./s1. The summed E-state index contributed by atoms with van der Waals surface area (Å²) in [5.41, 5.74) is 0.977. The minimum Gasteiger partial charge on any atom is -0.542 e. The van der Waals surface area contributed by atoms with Crippen LogP contribution in [0.15, 0.2) is 70.8 Å². The Morgan fingerprint density at radius 2 is 1.61 bits per heavy atom. The molecule has 1 aromatic heterocycles. The maximum absolute atomic E-state index is 15.8. The number of rotatable bonds is 13. The molecule has 59 heavy (non-hydrogen) atoms. The molecule has 5 rings (SSSR count). The molecular weight excluding hydrogens is 850 g/mol. The van der Waals surface area contributed by atoms with Gasteiger partial charge >= 0.3 is 12.1 Å². The molecule has 1 saturated heterocycles. The van der Waals surface area contributed by atoms with Gasteiger partial charge < -0.3 is 24.2 Å². The molecule has 0 radical (unpaired) electrons. The summed E-state index contributed by atoms with van der Waals surface area (Å²) in [5, 5.41) is 19.3. The second kappa shape index (κ2) is 18.5. The van der Waals surface area contributed by atoms with Gasteiger partial charge in [-0.1, -0.05) is 43.3 Å². The number of imidazole rings is 1. The summed E-state index contributed by atoms with van der Waals surface area (Å²) in [6.45, 7) is 6.69. The minimum absolute atomic E-state index is 0.0792. The Morgan fingerprint density at radius 1 is 1.05 bits per heavy atom. The topological polar surface area (TPSA) is 142 Å². The van der Waals surface area contributed by atoms with Gasteiger partial charge in [0.15, 0.2) is 5.16 Å². The first-order valence-corrected chi connectivity index (χ1v) is 20.7. The number of aromatic nitrogens is 2. The highest BCUT2D eigenvalue weighted by Gasteiger charge is 2.38. The number of hydrogen-bond acceptors (Lipinski definition) is 8. The second-order valence-electron chi connectivity index (χ2n) is 15.1. The van der Waals surface area contributed by atoms with Crippen molar-refractivity contribution >= 4 is 45.3 Å². The number of piperidine rings is 1. The van der Waals surface area contributed by atoms with E-state index in [1.807, 2.05) is 26.0 Å². The lowest BCUT2D eigenvalue weighted by Gasteiger charge is -2.39. The zero-order valence-electron chi connectivity index (χ0n) is 32.8. The summed E-state index contributed by atoms with van der Waals surface area (Å²) in [4.78, 5) is 24.7. The van der Waals surface area contributed by atoms with Gasteiger partial charge in [-0.2, -0.15) is 17.5 Å². The Hall–Kier alpha value is -4.30. The largest absolute Gasteiger partial charge is 0.542 e. The van der Waals surface area contributed by atoms with Crippen LogP contribution in [0.1, 0.15) is 50.4 Å². The van der Waals surface area contributed by atoms with Crippen molar-refractivity contribution in [2.24, 2.45) is 5.92 Å². The number of alkyl halides is 3. The van der Waals surface area contributed by atoms with Crippen molar-refractivity contribution in [3.63, 3.8) is 0 Å². The van der Waals surface area contributed by atoms with Gasteiger partial charge in [0, 0.05) is 41.8 Å². The number of sulfonamides is 1. The molecular formula is C39H43ClF6N4O7S2. The van der Waals surface area contributed by atoms with Gasteiger partial charge in [0.1, 0.15) is 35.2 Å². The van der Waals surface area contributed by atoms with Crippen molar-refractivity contribution in [2.45, 2.75) is 67.1 Å². The Labute approximate surface area is 347 Å². The summed E-state index contributed by atoms with van der Waals surface area (Å²) in [7, 11) is 1.06. The van der Waals surface area contributed by atoms with Gasteiger partial charge in [0.05, 0.1) is 56.1 Å². The lowest BCUT2D eigenvalue weighted by atomic mass is 9.81. The lowest BCUT2D eigenvalue weighted by Crippen LogP contribution is -2.50. The predicted molar refractivity (Wildman–Crippen MR) is 206 cm³/mol. The number of carbonyl (C=O) groups is 2. The zero-order valence-corrected chi connectivity index (χ0v) is 35.2. The van der Waals surface area contributed by atoms with E-state index in [-0.39, 0.29) is 23.8 Å². The van der Waals surface area contributed by atoms with Gasteiger partial charge in [-0.25, -0.2) is 26.6 Å². The molecule has 3 aromatic carbocycles.